The molecule has 0 spiro atoms. The lowest BCUT2D eigenvalue weighted by Crippen LogP contribution is -2.02. The Morgan fingerprint density at radius 1 is 1.75 bits per heavy atom. The molecule has 0 bridgehead atoms. The monoisotopic (exact) mass is 165 g/mol. The van der Waals surface area contributed by atoms with Crippen LogP contribution >= 0.6 is 0 Å². The molecule has 1 aromatic rings. The molecule has 1 saturated carbocycles. The quantitative estimate of drug-likeness (QED) is 0.704. The molecule has 0 radical (unpaired) electrons. The molecule has 1 heterocycles. The minimum absolute atomic E-state index is 0.698. The Morgan fingerprint density at radius 3 is 2.92 bits per heavy atom. The maximum Gasteiger partial charge on any atom is 0.0527 e. The summed E-state index contributed by atoms with van der Waals surface area (Å²) in [4.78, 5) is 0. The van der Waals surface area contributed by atoms with Gasteiger partial charge in [-0.1, -0.05) is 0 Å². The topological polar surface area (TPSA) is 43.8 Å². The van der Waals surface area contributed by atoms with E-state index in [1.165, 1.54) is 17.7 Å². The van der Waals surface area contributed by atoms with Gasteiger partial charge in [0.05, 0.1) is 6.20 Å². The maximum atomic E-state index is 5.59. The van der Waals surface area contributed by atoms with Gasteiger partial charge in [-0.15, -0.1) is 0 Å². The molecular weight excluding hydrogens is 150 g/mol. The maximum absolute atomic E-state index is 5.59. The van der Waals surface area contributed by atoms with Gasteiger partial charge in [-0.25, -0.2) is 0 Å². The highest BCUT2D eigenvalue weighted by Crippen LogP contribution is 2.47. The standard InChI is InChI=1S/C9H15N3/c1-6-9(5-11-12(6)2)8-3-7(8)4-10/h5,7-8H,3-4,10H2,1-2H3. The average molecular weight is 165 g/mol. The van der Waals surface area contributed by atoms with Gasteiger partial charge in [0.15, 0.2) is 0 Å². The lowest BCUT2D eigenvalue weighted by atomic mass is 10.1. The summed E-state index contributed by atoms with van der Waals surface area (Å²) >= 11 is 0. The van der Waals surface area contributed by atoms with Crippen molar-refractivity contribution in [2.45, 2.75) is 19.3 Å². The molecule has 3 heteroatoms. The second kappa shape index (κ2) is 2.59. The van der Waals surface area contributed by atoms with Crippen molar-refractivity contribution in [3.8, 4) is 0 Å². The third kappa shape index (κ3) is 1.05. The largest absolute Gasteiger partial charge is 0.330 e. The summed E-state index contributed by atoms with van der Waals surface area (Å²) in [7, 11) is 1.98. The summed E-state index contributed by atoms with van der Waals surface area (Å²) in [6, 6.07) is 0. The first-order valence-electron chi connectivity index (χ1n) is 4.42. The Kier molecular flexibility index (Phi) is 1.68. The van der Waals surface area contributed by atoms with E-state index in [1.54, 1.807) is 0 Å². The molecular formula is C9H15N3. The molecule has 0 amide bonds. The fourth-order valence-electron chi connectivity index (χ4n) is 1.77. The number of nitrogens with two attached hydrogens (primary N) is 1. The number of aromatic nitrogens is 2. The van der Waals surface area contributed by atoms with Gasteiger partial charge < -0.3 is 5.73 Å². The van der Waals surface area contributed by atoms with Crippen LogP contribution in [-0.2, 0) is 7.05 Å². The van der Waals surface area contributed by atoms with Crippen molar-refractivity contribution in [2.24, 2.45) is 18.7 Å². The molecule has 2 unspecified atom stereocenters. The summed E-state index contributed by atoms with van der Waals surface area (Å²) in [5.74, 6) is 1.41. The van der Waals surface area contributed by atoms with Gasteiger partial charge in [0.2, 0.25) is 0 Å². The zero-order valence-corrected chi connectivity index (χ0v) is 7.62. The molecule has 1 aliphatic rings. The Bertz CT molecular complexity index is 290. The molecule has 1 fully saturated rings. The summed E-state index contributed by atoms with van der Waals surface area (Å²) in [6.07, 6.45) is 3.23. The van der Waals surface area contributed by atoms with E-state index in [0.717, 1.165) is 6.54 Å². The fourth-order valence-corrected chi connectivity index (χ4v) is 1.77. The number of hydrogen-bond donors (Lipinski definition) is 1. The Hall–Kier alpha value is -0.830. The Labute approximate surface area is 72.6 Å². The molecule has 1 aliphatic carbocycles. The summed E-state index contributed by atoms with van der Waals surface area (Å²) in [6.45, 7) is 2.94. The van der Waals surface area contributed by atoms with E-state index < -0.39 is 0 Å². The van der Waals surface area contributed by atoms with E-state index in [4.69, 9.17) is 5.73 Å². The van der Waals surface area contributed by atoms with E-state index in [0.29, 0.717) is 11.8 Å². The molecule has 1 aromatic heterocycles. The van der Waals surface area contributed by atoms with Gasteiger partial charge in [0.25, 0.3) is 0 Å². The number of hydrogen-bond acceptors (Lipinski definition) is 2. The van der Waals surface area contributed by atoms with E-state index >= 15 is 0 Å². The van der Waals surface area contributed by atoms with Crippen LogP contribution in [-0.4, -0.2) is 16.3 Å². The molecule has 2 rings (SSSR count). The lowest BCUT2D eigenvalue weighted by molar-refractivity contribution is 0.735. The van der Waals surface area contributed by atoms with Crippen LogP contribution in [0.25, 0.3) is 0 Å². The van der Waals surface area contributed by atoms with Gasteiger partial charge >= 0.3 is 0 Å². The van der Waals surface area contributed by atoms with Gasteiger partial charge in [0.1, 0.15) is 0 Å². The molecule has 66 valence electrons. The van der Waals surface area contributed by atoms with E-state index in [2.05, 4.69) is 12.0 Å². The Balaban J connectivity index is 2.20. The lowest BCUT2D eigenvalue weighted by Gasteiger charge is -1.97. The van der Waals surface area contributed by atoms with Crippen LogP contribution in [0.4, 0.5) is 0 Å². The van der Waals surface area contributed by atoms with Gasteiger partial charge in [-0.05, 0) is 37.3 Å². The highest BCUT2D eigenvalue weighted by atomic mass is 15.3. The zero-order chi connectivity index (χ0) is 8.72. The zero-order valence-electron chi connectivity index (χ0n) is 7.62. The van der Waals surface area contributed by atoms with Crippen LogP contribution < -0.4 is 5.73 Å². The number of nitrogens with zero attached hydrogens (tertiary/aromatic N) is 2. The first kappa shape index (κ1) is 7.80. The molecule has 0 aliphatic heterocycles. The van der Waals surface area contributed by atoms with Gasteiger partial charge in [0, 0.05) is 12.7 Å². The normalized spacial score (nSPS) is 27.6. The van der Waals surface area contributed by atoms with Crippen molar-refractivity contribution in [3.05, 3.63) is 17.5 Å². The second-order valence-electron chi connectivity index (χ2n) is 3.65. The Morgan fingerprint density at radius 2 is 2.50 bits per heavy atom. The van der Waals surface area contributed by atoms with Gasteiger partial charge in [-0.3, -0.25) is 4.68 Å². The summed E-state index contributed by atoms with van der Waals surface area (Å²) in [5.41, 5.74) is 8.28. The van der Waals surface area contributed by atoms with E-state index in [-0.39, 0.29) is 0 Å². The molecule has 12 heavy (non-hydrogen) atoms. The molecule has 3 nitrogen and oxygen atoms in total. The predicted octanol–water partition coefficient (Wildman–Crippen LogP) is 0.791. The van der Waals surface area contributed by atoms with Crippen LogP contribution in [0.15, 0.2) is 6.20 Å². The van der Waals surface area contributed by atoms with Crippen LogP contribution in [0.1, 0.15) is 23.6 Å². The van der Waals surface area contributed by atoms with Gasteiger partial charge in [-0.2, -0.15) is 5.10 Å². The van der Waals surface area contributed by atoms with Crippen LogP contribution in [0.3, 0.4) is 0 Å². The highest BCUT2D eigenvalue weighted by Gasteiger charge is 2.38. The summed E-state index contributed by atoms with van der Waals surface area (Å²) in [5, 5.41) is 4.22. The van der Waals surface area contributed by atoms with Crippen molar-refractivity contribution < 1.29 is 0 Å². The van der Waals surface area contributed by atoms with Crippen LogP contribution in [0, 0.1) is 12.8 Å². The molecule has 2 N–H and O–H groups in total. The smallest absolute Gasteiger partial charge is 0.0527 e. The minimum atomic E-state index is 0.698. The third-order valence-corrected chi connectivity index (χ3v) is 2.90. The van der Waals surface area contributed by atoms with Crippen molar-refractivity contribution in [1.29, 1.82) is 0 Å². The molecule has 2 atom stereocenters. The highest BCUT2D eigenvalue weighted by molar-refractivity contribution is 5.27. The molecule has 0 aromatic carbocycles. The summed E-state index contributed by atoms with van der Waals surface area (Å²) < 4.78 is 1.93. The fraction of sp³-hybridized carbons (Fsp3) is 0.667. The first-order chi connectivity index (χ1) is 5.74. The van der Waals surface area contributed by atoms with Crippen LogP contribution in [0.2, 0.25) is 0 Å². The number of aryl methyl sites for hydroxylation is 1. The minimum Gasteiger partial charge on any atom is -0.330 e. The SMILES string of the molecule is Cc1c(C2CC2CN)cnn1C. The first-order valence-corrected chi connectivity index (χ1v) is 4.42. The second-order valence-corrected chi connectivity index (χ2v) is 3.65. The molecule has 0 saturated heterocycles. The van der Waals surface area contributed by atoms with Crippen molar-refractivity contribution in [2.75, 3.05) is 6.54 Å². The number of rotatable bonds is 2. The third-order valence-electron chi connectivity index (χ3n) is 2.90. The van der Waals surface area contributed by atoms with Crippen molar-refractivity contribution in [3.63, 3.8) is 0 Å². The van der Waals surface area contributed by atoms with E-state index in [9.17, 15) is 0 Å². The van der Waals surface area contributed by atoms with Crippen LogP contribution in [0.5, 0.6) is 0 Å². The predicted molar refractivity (Wildman–Crippen MR) is 47.8 cm³/mol. The average Bonchev–Trinajstić information content (AvgIpc) is 2.77. The van der Waals surface area contributed by atoms with E-state index in [1.807, 2.05) is 17.9 Å². The van der Waals surface area contributed by atoms with Crippen molar-refractivity contribution in [1.82, 2.24) is 9.78 Å². The van der Waals surface area contributed by atoms with Crippen molar-refractivity contribution >= 4 is 0 Å².